The van der Waals surface area contributed by atoms with E-state index in [9.17, 15) is 13.5 Å². The number of nitrogens with zero attached hydrogens (tertiary/aromatic N) is 3. The van der Waals surface area contributed by atoms with Crippen molar-refractivity contribution in [2.24, 2.45) is 0 Å². The highest BCUT2D eigenvalue weighted by atomic mass is 32.2. The Morgan fingerprint density at radius 2 is 2.04 bits per heavy atom. The van der Waals surface area contributed by atoms with Crippen molar-refractivity contribution in [1.29, 1.82) is 0 Å². The first-order valence-corrected chi connectivity index (χ1v) is 9.05. The monoisotopic (exact) mass is 341 g/mol. The fourth-order valence-electron chi connectivity index (χ4n) is 3.00. The highest BCUT2D eigenvalue weighted by molar-refractivity contribution is 7.92. The lowest BCUT2D eigenvalue weighted by atomic mass is 10.0. The standard InChI is InChI=1S/C17H15N3O3S/c1-20-16-5-3-11(6-13(16)10-24(20,22)23)15-8-18-7-12-2-4-14(9-21)19-17(12)15/h2-8,21H,9-10H2,1H3. The molecule has 4 rings (SSSR count). The summed E-state index contributed by atoms with van der Waals surface area (Å²) in [5.74, 6) is 0.000185. The summed E-state index contributed by atoms with van der Waals surface area (Å²) in [6.07, 6.45) is 3.43. The summed E-state index contributed by atoms with van der Waals surface area (Å²) < 4.78 is 25.4. The SMILES string of the molecule is CN1c2ccc(-c3cncc4ccc(CO)nc34)cc2CS1(=O)=O. The van der Waals surface area contributed by atoms with E-state index < -0.39 is 10.0 Å². The topological polar surface area (TPSA) is 83.4 Å². The first-order valence-electron chi connectivity index (χ1n) is 7.44. The second kappa shape index (κ2) is 5.25. The average molecular weight is 341 g/mol. The number of fused-ring (bicyclic) bond motifs is 2. The molecule has 0 amide bonds. The summed E-state index contributed by atoms with van der Waals surface area (Å²) in [6.45, 7) is -0.134. The second-order valence-electron chi connectivity index (χ2n) is 5.79. The Labute approximate surface area is 139 Å². The van der Waals surface area contributed by atoms with Gasteiger partial charge in [0.2, 0.25) is 10.0 Å². The molecule has 1 aliphatic rings. The van der Waals surface area contributed by atoms with Crippen LogP contribution in [0.4, 0.5) is 5.69 Å². The van der Waals surface area contributed by atoms with Crippen molar-refractivity contribution in [1.82, 2.24) is 9.97 Å². The van der Waals surface area contributed by atoms with Crippen LogP contribution >= 0.6 is 0 Å². The number of rotatable bonds is 2. The molecule has 3 aromatic rings. The predicted octanol–water partition coefficient (Wildman–Crippen LogP) is 2.07. The second-order valence-corrected chi connectivity index (χ2v) is 7.79. The van der Waals surface area contributed by atoms with Crippen LogP contribution in [0.15, 0.2) is 42.7 Å². The van der Waals surface area contributed by atoms with Gasteiger partial charge in [-0.1, -0.05) is 6.07 Å². The Hall–Kier alpha value is -2.51. The van der Waals surface area contributed by atoms with E-state index in [4.69, 9.17) is 0 Å². The van der Waals surface area contributed by atoms with Gasteiger partial charge < -0.3 is 5.11 Å². The van der Waals surface area contributed by atoms with Crippen molar-refractivity contribution in [2.75, 3.05) is 11.4 Å². The lowest BCUT2D eigenvalue weighted by Gasteiger charge is -2.12. The molecular formula is C17H15N3O3S. The Bertz CT molecular complexity index is 1060. The molecule has 0 spiro atoms. The van der Waals surface area contributed by atoms with E-state index in [0.717, 1.165) is 27.6 Å². The van der Waals surface area contributed by atoms with E-state index in [1.165, 1.54) is 4.31 Å². The summed E-state index contributed by atoms with van der Waals surface area (Å²) in [5, 5.41) is 10.2. The number of hydrogen-bond acceptors (Lipinski definition) is 5. The molecule has 0 fully saturated rings. The minimum absolute atomic E-state index is 0.000185. The summed E-state index contributed by atoms with van der Waals surface area (Å²) >= 11 is 0. The number of sulfonamides is 1. The van der Waals surface area contributed by atoms with Gasteiger partial charge in [-0.15, -0.1) is 0 Å². The van der Waals surface area contributed by atoms with Gasteiger partial charge in [0.15, 0.2) is 0 Å². The van der Waals surface area contributed by atoms with Crippen LogP contribution in [0.1, 0.15) is 11.3 Å². The number of benzene rings is 1. The first kappa shape index (κ1) is 15.0. The highest BCUT2D eigenvalue weighted by Gasteiger charge is 2.30. The molecule has 1 aliphatic heterocycles. The fourth-order valence-corrected chi connectivity index (χ4v) is 4.30. The molecule has 7 heteroatoms. The van der Waals surface area contributed by atoms with E-state index in [0.29, 0.717) is 11.4 Å². The number of aromatic nitrogens is 2. The molecule has 122 valence electrons. The first-order chi connectivity index (χ1) is 11.5. The van der Waals surface area contributed by atoms with Crippen LogP contribution in [0.5, 0.6) is 0 Å². The van der Waals surface area contributed by atoms with Gasteiger partial charge in [0.1, 0.15) is 0 Å². The number of aliphatic hydroxyl groups excluding tert-OH is 1. The minimum Gasteiger partial charge on any atom is -0.390 e. The predicted molar refractivity (Wildman–Crippen MR) is 91.9 cm³/mol. The van der Waals surface area contributed by atoms with Crippen LogP contribution in [-0.4, -0.2) is 30.5 Å². The van der Waals surface area contributed by atoms with Crippen LogP contribution in [-0.2, 0) is 22.4 Å². The average Bonchev–Trinajstić information content (AvgIpc) is 2.82. The van der Waals surface area contributed by atoms with E-state index in [1.807, 2.05) is 24.3 Å². The van der Waals surface area contributed by atoms with Crippen LogP contribution in [0.25, 0.3) is 22.0 Å². The van der Waals surface area contributed by atoms with E-state index >= 15 is 0 Å². The zero-order valence-electron chi connectivity index (χ0n) is 13.0. The van der Waals surface area contributed by atoms with Gasteiger partial charge in [-0.2, -0.15) is 0 Å². The van der Waals surface area contributed by atoms with Gasteiger partial charge in [-0.05, 0) is 35.4 Å². The van der Waals surface area contributed by atoms with Crippen LogP contribution in [0.3, 0.4) is 0 Å². The minimum atomic E-state index is -3.27. The molecule has 3 heterocycles. The molecule has 6 nitrogen and oxygen atoms in total. The summed E-state index contributed by atoms with van der Waals surface area (Å²) in [6, 6.07) is 9.19. The van der Waals surface area contributed by atoms with Crippen molar-refractivity contribution < 1.29 is 13.5 Å². The van der Waals surface area contributed by atoms with Gasteiger partial charge >= 0.3 is 0 Å². The quantitative estimate of drug-likeness (QED) is 0.771. The summed E-state index contributed by atoms with van der Waals surface area (Å²) in [7, 11) is -1.70. The molecule has 0 aliphatic carbocycles. The molecule has 1 aromatic carbocycles. The maximum atomic E-state index is 12.0. The van der Waals surface area contributed by atoms with Crippen molar-refractivity contribution in [2.45, 2.75) is 12.4 Å². The molecular weight excluding hydrogens is 326 g/mol. The number of anilines is 1. The van der Waals surface area contributed by atoms with Gasteiger partial charge in [0, 0.05) is 30.4 Å². The molecule has 0 saturated carbocycles. The summed E-state index contributed by atoms with van der Waals surface area (Å²) in [5.41, 5.74) is 4.47. The molecule has 0 unspecified atom stereocenters. The third kappa shape index (κ3) is 2.24. The zero-order valence-corrected chi connectivity index (χ0v) is 13.8. The fraction of sp³-hybridized carbons (Fsp3) is 0.176. The van der Waals surface area contributed by atoms with Crippen molar-refractivity contribution in [3.63, 3.8) is 0 Å². The molecule has 1 N–H and O–H groups in total. The Morgan fingerprint density at radius 3 is 2.83 bits per heavy atom. The van der Waals surface area contributed by atoms with Crippen molar-refractivity contribution in [3.8, 4) is 11.1 Å². The van der Waals surface area contributed by atoms with Gasteiger partial charge in [-0.3, -0.25) is 9.29 Å². The van der Waals surface area contributed by atoms with E-state index in [2.05, 4.69) is 9.97 Å². The normalized spacial score (nSPS) is 15.7. The third-order valence-corrected chi connectivity index (χ3v) is 6.01. The van der Waals surface area contributed by atoms with Crippen LogP contribution < -0.4 is 4.31 Å². The number of aliphatic hydroxyl groups is 1. The molecule has 0 radical (unpaired) electrons. The van der Waals surface area contributed by atoms with Gasteiger partial charge in [0.05, 0.1) is 29.3 Å². The lowest BCUT2D eigenvalue weighted by molar-refractivity contribution is 0.277. The van der Waals surface area contributed by atoms with Crippen LogP contribution in [0.2, 0.25) is 0 Å². The molecule has 0 bridgehead atoms. The smallest absolute Gasteiger partial charge is 0.239 e. The lowest BCUT2D eigenvalue weighted by Crippen LogP contribution is -2.20. The van der Waals surface area contributed by atoms with E-state index in [-0.39, 0.29) is 12.4 Å². The summed E-state index contributed by atoms with van der Waals surface area (Å²) in [4.78, 5) is 8.74. The largest absolute Gasteiger partial charge is 0.390 e. The molecule has 2 aromatic heterocycles. The van der Waals surface area contributed by atoms with Crippen molar-refractivity contribution >= 4 is 26.6 Å². The molecule has 0 atom stereocenters. The maximum Gasteiger partial charge on any atom is 0.239 e. The van der Waals surface area contributed by atoms with E-state index in [1.54, 1.807) is 25.5 Å². The van der Waals surface area contributed by atoms with Gasteiger partial charge in [0.25, 0.3) is 0 Å². The zero-order chi connectivity index (χ0) is 16.9. The van der Waals surface area contributed by atoms with Crippen molar-refractivity contribution in [3.05, 3.63) is 54.0 Å². The Kier molecular flexibility index (Phi) is 3.29. The number of pyridine rings is 2. The Balaban J connectivity index is 1.91. The van der Waals surface area contributed by atoms with Crippen LogP contribution in [0, 0.1) is 0 Å². The highest BCUT2D eigenvalue weighted by Crippen LogP contribution is 2.36. The third-order valence-electron chi connectivity index (χ3n) is 4.30. The molecule has 0 saturated heterocycles. The molecule has 24 heavy (non-hydrogen) atoms. The van der Waals surface area contributed by atoms with Gasteiger partial charge in [-0.25, -0.2) is 13.4 Å². The maximum absolute atomic E-state index is 12.0. The number of hydrogen-bond donors (Lipinski definition) is 1. The Morgan fingerprint density at radius 1 is 1.21 bits per heavy atom.